The van der Waals surface area contributed by atoms with Gasteiger partial charge in [-0.25, -0.2) is 0 Å². The topological polar surface area (TPSA) is 24.8 Å². The molecular formula is C9H14N2O. The minimum absolute atomic E-state index is 0.265. The van der Waals surface area contributed by atoms with Crippen molar-refractivity contribution in [1.29, 1.82) is 0 Å². The van der Waals surface area contributed by atoms with Gasteiger partial charge >= 0.3 is 0 Å². The zero-order chi connectivity index (χ0) is 8.97. The van der Waals surface area contributed by atoms with Gasteiger partial charge in [0.15, 0.2) is 6.61 Å². The van der Waals surface area contributed by atoms with Crippen molar-refractivity contribution < 1.29 is 4.84 Å². The Morgan fingerprint density at radius 1 is 1.83 bits per heavy atom. The van der Waals surface area contributed by atoms with E-state index in [0.29, 0.717) is 6.04 Å². The van der Waals surface area contributed by atoms with Gasteiger partial charge in [-0.1, -0.05) is 11.1 Å². The molecule has 1 atom stereocenters. The van der Waals surface area contributed by atoms with Gasteiger partial charge in [0.25, 0.3) is 0 Å². The Labute approximate surface area is 73.4 Å². The zero-order valence-corrected chi connectivity index (χ0v) is 7.58. The number of rotatable bonds is 2. The molecule has 0 radical (unpaired) electrons. The highest BCUT2D eigenvalue weighted by atomic mass is 16.6. The van der Waals surface area contributed by atoms with E-state index in [9.17, 15) is 0 Å². The Morgan fingerprint density at radius 2 is 2.58 bits per heavy atom. The van der Waals surface area contributed by atoms with Crippen LogP contribution in [-0.4, -0.2) is 36.9 Å². The lowest BCUT2D eigenvalue weighted by Gasteiger charge is -2.11. The van der Waals surface area contributed by atoms with Crippen molar-refractivity contribution in [2.45, 2.75) is 19.4 Å². The number of terminal acetylenes is 1. The fourth-order valence-corrected chi connectivity index (χ4v) is 1.23. The molecule has 1 rings (SSSR count). The summed E-state index contributed by atoms with van der Waals surface area (Å²) in [4.78, 5) is 7.12. The average molecular weight is 166 g/mol. The van der Waals surface area contributed by atoms with E-state index in [-0.39, 0.29) is 6.61 Å². The lowest BCUT2D eigenvalue weighted by molar-refractivity contribution is 0.179. The van der Waals surface area contributed by atoms with Crippen LogP contribution < -0.4 is 0 Å². The summed E-state index contributed by atoms with van der Waals surface area (Å²) in [5, 5.41) is 3.95. The van der Waals surface area contributed by atoms with Crippen molar-refractivity contribution >= 4 is 5.71 Å². The van der Waals surface area contributed by atoms with Crippen molar-refractivity contribution in [2.24, 2.45) is 5.16 Å². The van der Waals surface area contributed by atoms with Crippen LogP contribution in [0, 0.1) is 12.3 Å². The van der Waals surface area contributed by atoms with E-state index in [0.717, 1.165) is 18.7 Å². The van der Waals surface area contributed by atoms with Crippen molar-refractivity contribution in [3.05, 3.63) is 0 Å². The van der Waals surface area contributed by atoms with Crippen LogP contribution in [0.15, 0.2) is 5.16 Å². The van der Waals surface area contributed by atoms with Crippen LogP contribution in [0.4, 0.5) is 0 Å². The molecule has 0 spiro atoms. The van der Waals surface area contributed by atoms with E-state index >= 15 is 0 Å². The summed E-state index contributed by atoms with van der Waals surface area (Å²) in [6.07, 6.45) is 6.00. The first kappa shape index (κ1) is 9.08. The maximum atomic E-state index is 5.01. The van der Waals surface area contributed by atoms with Crippen LogP contribution in [0.1, 0.15) is 13.3 Å². The van der Waals surface area contributed by atoms with Gasteiger partial charge in [0.1, 0.15) is 0 Å². The SMILES string of the molecule is C#CCO/N=C1\CC(C)N(C)C1. The van der Waals surface area contributed by atoms with Gasteiger partial charge in [-0.3, -0.25) is 4.90 Å². The van der Waals surface area contributed by atoms with Gasteiger partial charge in [0, 0.05) is 19.0 Å². The molecule has 0 amide bonds. The standard InChI is InChI=1S/C9H14N2O/c1-4-5-12-10-9-6-8(2)11(3)7-9/h1,8H,5-7H2,2-3H3/b10-9+. The fourth-order valence-electron chi connectivity index (χ4n) is 1.23. The molecule has 0 aromatic rings. The highest BCUT2D eigenvalue weighted by Gasteiger charge is 2.22. The minimum atomic E-state index is 0.265. The van der Waals surface area contributed by atoms with Gasteiger partial charge in [0.05, 0.1) is 5.71 Å². The summed E-state index contributed by atoms with van der Waals surface area (Å²) in [6, 6.07) is 0.568. The summed E-state index contributed by atoms with van der Waals surface area (Å²) in [5.74, 6) is 2.37. The van der Waals surface area contributed by atoms with Crippen LogP contribution in [0.3, 0.4) is 0 Å². The molecule has 0 N–H and O–H groups in total. The third-order valence-electron chi connectivity index (χ3n) is 2.06. The van der Waals surface area contributed by atoms with Gasteiger partial charge in [-0.2, -0.15) is 0 Å². The Morgan fingerprint density at radius 3 is 3.08 bits per heavy atom. The second kappa shape index (κ2) is 4.13. The first-order valence-corrected chi connectivity index (χ1v) is 4.05. The molecule has 0 aromatic heterocycles. The third-order valence-corrected chi connectivity index (χ3v) is 2.06. The molecule has 1 fully saturated rings. The van der Waals surface area contributed by atoms with E-state index < -0.39 is 0 Å². The Kier molecular flexibility index (Phi) is 3.12. The number of oxime groups is 1. The van der Waals surface area contributed by atoms with E-state index in [1.807, 2.05) is 0 Å². The summed E-state index contributed by atoms with van der Waals surface area (Å²) in [5.41, 5.74) is 1.08. The predicted molar refractivity (Wildman–Crippen MR) is 48.9 cm³/mol. The maximum absolute atomic E-state index is 5.01. The molecule has 0 bridgehead atoms. The van der Waals surface area contributed by atoms with Crippen molar-refractivity contribution in [3.8, 4) is 12.3 Å². The molecule has 0 aromatic carbocycles. The summed E-state index contributed by atoms with van der Waals surface area (Å²) in [7, 11) is 2.08. The van der Waals surface area contributed by atoms with Gasteiger partial charge in [0.2, 0.25) is 0 Å². The van der Waals surface area contributed by atoms with Crippen molar-refractivity contribution in [3.63, 3.8) is 0 Å². The van der Waals surface area contributed by atoms with Crippen LogP contribution in [0.25, 0.3) is 0 Å². The number of likely N-dealkylation sites (tertiary alicyclic amines) is 1. The van der Waals surface area contributed by atoms with E-state index in [1.54, 1.807) is 0 Å². The van der Waals surface area contributed by atoms with E-state index in [2.05, 4.69) is 29.9 Å². The van der Waals surface area contributed by atoms with Crippen molar-refractivity contribution in [2.75, 3.05) is 20.2 Å². The zero-order valence-electron chi connectivity index (χ0n) is 7.58. The third kappa shape index (κ3) is 2.24. The molecule has 3 heteroatoms. The molecule has 1 heterocycles. The van der Waals surface area contributed by atoms with Crippen LogP contribution in [-0.2, 0) is 4.84 Å². The minimum Gasteiger partial charge on any atom is -0.383 e. The second-order valence-corrected chi connectivity index (χ2v) is 3.10. The molecule has 1 aliphatic heterocycles. The Bertz CT molecular complexity index is 205. The molecule has 66 valence electrons. The highest BCUT2D eigenvalue weighted by molar-refractivity contribution is 5.88. The number of nitrogens with zero attached hydrogens (tertiary/aromatic N) is 2. The van der Waals surface area contributed by atoms with E-state index in [4.69, 9.17) is 11.3 Å². The van der Waals surface area contributed by atoms with Gasteiger partial charge < -0.3 is 4.84 Å². The fraction of sp³-hybridized carbons (Fsp3) is 0.667. The molecule has 1 saturated heterocycles. The number of hydrogen-bond donors (Lipinski definition) is 0. The Balaban J connectivity index is 2.36. The molecular weight excluding hydrogens is 152 g/mol. The first-order valence-electron chi connectivity index (χ1n) is 4.05. The molecule has 3 nitrogen and oxygen atoms in total. The van der Waals surface area contributed by atoms with Crippen LogP contribution in [0.5, 0.6) is 0 Å². The second-order valence-electron chi connectivity index (χ2n) is 3.10. The normalized spacial score (nSPS) is 27.4. The van der Waals surface area contributed by atoms with Crippen LogP contribution >= 0.6 is 0 Å². The summed E-state index contributed by atoms with van der Waals surface area (Å²) in [6.45, 7) is 3.33. The number of hydrogen-bond acceptors (Lipinski definition) is 3. The quantitative estimate of drug-likeness (QED) is 0.343. The highest BCUT2D eigenvalue weighted by Crippen LogP contribution is 2.11. The van der Waals surface area contributed by atoms with Crippen molar-refractivity contribution in [1.82, 2.24) is 4.90 Å². The largest absolute Gasteiger partial charge is 0.383 e. The average Bonchev–Trinajstić information content (AvgIpc) is 2.32. The Hall–Kier alpha value is -1.01. The molecule has 0 aliphatic carbocycles. The van der Waals surface area contributed by atoms with Gasteiger partial charge in [-0.15, -0.1) is 6.42 Å². The smallest absolute Gasteiger partial charge is 0.177 e. The maximum Gasteiger partial charge on any atom is 0.177 e. The first-order chi connectivity index (χ1) is 5.74. The monoisotopic (exact) mass is 166 g/mol. The van der Waals surface area contributed by atoms with E-state index in [1.165, 1.54) is 0 Å². The molecule has 12 heavy (non-hydrogen) atoms. The van der Waals surface area contributed by atoms with Gasteiger partial charge in [-0.05, 0) is 14.0 Å². The molecule has 1 aliphatic rings. The lowest BCUT2D eigenvalue weighted by Crippen LogP contribution is -2.21. The summed E-state index contributed by atoms with van der Waals surface area (Å²) < 4.78 is 0. The molecule has 0 saturated carbocycles. The lowest BCUT2D eigenvalue weighted by atomic mass is 10.2. The summed E-state index contributed by atoms with van der Waals surface area (Å²) >= 11 is 0. The molecule has 1 unspecified atom stereocenters. The van der Waals surface area contributed by atoms with Crippen LogP contribution in [0.2, 0.25) is 0 Å². The predicted octanol–water partition coefficient (Wildman–Crippen LogP) is 0.716.